The van der Waals surface area contributed by atoms with Crippen LogP contribution >= 0.6 is 0 Å². The van der Waals surface area contributed by atoms with Gasteiger partial charge in [0.2, 0.25) is 0 Å². The quantitative estimate of drug-likeness (QED) is 0.912. The fraction of sp³-hybridized carbons (Fsp3) is 0.438. The summed E-state index contributed by atoms with van der Waals surface area (Å²) in [5.74, 6) is 1.15. The highest BCUT2D eigenvalue weighted by atomic mass is 15.4. The van der Waals surface area contributed by atoms with Crippen LogP contribution in [0.4, 0.5) is 11.5 Å². The maximum Gasteiger partial charge on any atom is 0.135 e. The second-order valence-electron chi connectivity index (χ2n) is 5.60. The molecule has 20 heavy (non-hydrogen) atoms. The molecule has 4 heteroatoms. The van der Waals surface area contributed by atoms with Crippen molar-refractivity contribution in [1.82, 2.24) is 9.78 Å². The zero-order valence-corrected chi connectivity index (χ0v) is 12.5. The summed E-state index contributed by atoms with van der Waals surface area (Å²) in [6, 6.07) is 6.71. The summed E-state index contributed by atoms with van der Waals surface area (Å²) in [5.41, 5.74) is 12.2. The number of benzene rings is 1. The summed E-state index contributed by atoms with van der Waals surface area (Å²) < 4.78 is 1.96. The summed E-state index contributed by atoms with van der Waals surface area (Å²) >= 11 is 0. The van der Waals surface area contributed by atoms with Crippen molar-refractivity contribution in [3.8, 4) is 0 Å². The lowest BCUT2D eigenvalue weighted by Gasteiger charge is -2.32. The predicted molar refractivity (Wildman–Crippen MR) is 82.3 cm³/mol. The molecule has 0 unspecified atom stereocenters. The van der Waals surface area contributed by atoms with Gasteiger partial charge < -0.3 is 10.6 Å². The van der Waals surface area contributed by atoms with Gasteiger partial charge in [0, 0.05) is 31.4 Å². The van der Waals surface area contributed by atoms with Crippen LogP contribution in [0.1, 0.15) is 28.8 Å². The number of aromatic nitrogens is 2. The van der Waals surface area contributed by atoms with E-state index in [1.807, 2.05) is 18.7 Å². The average molecular weight is 270 g/mol. The zero-order valence-electron chi connectivity index (χ0n) is 12.5. The van der Waals surface area contributed by atoms with Crippen LogP contribution in [-0.4, -0.2) is 16.3 Å². The Bertz CT molecular complexity index is 642. The van der Waals surface area contributed by atoms with Crippen LogP contribution in [0.25, 0.3) is 0 Å². The van der Waals surface area contributed by atoms with Crippen molar-refractivity contribution in [1.29, 1.82) is 0 Å². The Labute approximate surface area is 120 Å². The van der Waals surface area contributed by atoms with Gasteiger partial charge in [0.05, 0.1) is 5.69 Å². The van der Waals surface area contributed by atoms with E-state index in [2.05, 4.69) is 35.1 Å². The molecule has 0 fully saturated rings. The Hall–Kier alpha value is -1.81. The molecule has 4 nitrogen and oxygen atoms in total. The first-order valence-corrected chi connectivity index (χ1v) is 7.21. The van der Waals surface area contributed by atoms with Crippen LogP contribution in [0.2, 0.25) is 0 Å². The van der Waals surface area contributed by atoms with E-state index in [0.29, 0.717) is 6.54 Å². The fourth-order valence-electron chi connectivity index (χ4n) is 3.21. The van der Waals surface area contributed by atoms with Crippen LogP contribution in [0.3, 0.4) is 0 Å². The Kier molecular flexibility index (Phi) is 3.26. The van der Waals surface area contributed by atoms with Crippen LogP contribution in [0.15, 0.2) is 18.2 Å². The first-order chi connectivity index (χ1) is 9.61. The highest BCUT2D eigenvalue weighted by molar-refractivity contribution is 5.69. The first kappa shape index (κ1) is 13.2. The van der Waals surface area contributed by atoms with Gasteiger partial charge in [-0.05, 0) is 38.3 Å². The number of rotatable bonds is 2. The predicted octanol–water partition coefficient (Wildman–Crippen LogP) is 2.58. The zero-order chi connectivity index (χ0) is 14.3. The minimum absolute atomic E-state index is 0.534. The molecule has 2 aromatic rings. The summed E-state index contributed by atoms with van der Waals surface area (Å²) in [7, 11) is 2.00. The molecular weight excluding hydrogens is 248 g/mol. The van der Waals surface area contributed by atoms with Gasteiger partial charge in [-0.1, -0.05) is 17.7 Å². The highest BCUT2D eigenvalue weighted by Crippen LogP contribution is 2.36. The van der Waals surface area contributed by atoms with Crippen molar-refractivity contribution >= 4 is 11.5 Å². The molecule has 0 radical (unpaired) electrons. The molecule has 3 rings (SSSR count). The second-order valence-corrected chi connectivity index (χ2v) is 5.60. The second kappa shape index (κ2) is 4.94. The number of anilines is 2. The topological polar surface area (TPSA) is 47.1 Å². The largest absolute Gasteiger partial charge is 0.326 e. The van der Waals surface area contributed by atoms with E-state index in [4.69, 9.17) is 5.73 Å². The van der Waals surface area contributed by atoms with E-state index in [1.165, 1.54) is 23.2 Å². The minimum Gasteiger partial charge on any atom is -0.326 e. The molecule has 2 N–H and O–H groups in total. The molecule has 1 aromatic carbocycles. The van der Waals surface area contributed by atoms with Crippen molar-refractivity contribution in [2.75, 3.05) is 11.4 Å². The monoisotopic (exact) mass is 270 g/mol. The molecule has 0 bridgehead atoms. The van der Waals surface area contributed by atoms with Gasteiger partial charge in [-0.2, -0.15) is 5.10 Å². The van der Waals surface area contributed by atoms with E-state index in [1.54, 1.807) is 0 Å². The molecule has 1 aliphatic heterocycles. The Morgan fingerprint density at radius 1 is 1.30 bits per heavy atom. The highest BCUT2D eigenvalue weighted by Gasteiger charge is 2.24. The van der Waals surface area contributed by atoms with Crippen molar-refractivity contribution in [2.45, 2.75) is 33.2 Å². The van der Waals surface area contributed by atoms with Gasteiger partial charge in [-0.25, -0.2) is 0 Å². The molecule has 0 atom stereocenters. The lowest BCUT2D eigenvalue weighted by molar-refractivity contribution is 0.702. The van der Waals surface area contributed by atoms with Gasteiger partial charge in [-0.3, -0.25) is 4.68 Å². The molecule has 1 aliphatic rings. The molecule has 0 spiro atoms. The number of aryl methyl sites for hydroxylation is 4. The SMILES string of the molecule is Cc1ccc2c(c1)CCCN2c1c(CN)c(C)nn1C. The maximum atomic E-state index is 5.94. The van der Waals surface area contributed by atoms with Crippen molar-refractivity contribution in [2.24, 2.45) is 12.8 Å². The minimum atomic E-state index is 0.534. The molecule has 0 saturated carbocycles. The van der Waals surface area contributed by atoms with Crippen LogP contribution in [-0.2, 0) is 20.0 Å². The maximum absolute atomic E-state index is 5.94. The summed E-state index contributed by atoms with van der Waals surface area (Å²) in [6.07, 6.45) is 2.33. The Morgan fingerprint density at radius 2 is 2.10 bits per heavy atom. The van der Waals surface area contributed by atoms with Crippen LogP contribution in [0.5, 0.6) is 0 Å². The molecule has 0 aliphatic carbocycles. The molecule has 106 valence electrons. The van der Waals surface area contributed by atoms with E-state index < -0.39 is 0 Å². The number of hydrogen-bond donors (Lipinski definition) is 1. The first-order valence-electron chi connectivity index (χ1n) is 7.21. The van der Waals surface area contributed by atoms with Gasteiger partial charge in [-0.15, -0.1) is 0 Å². The third-order valence-electron chi connectivity index (χ3n) is 4.13. The van der Waals surface area contributed by atoms with E-state index >= 15 is 0 Å². The lowest BCUT2D eigenvalue weighted by atomic mass is 9.99. The third kappa shape index (κ3) is 2.00. The molecule has 0 saturated heterocycles. The average Bonchev–Trinajstić information content (AvgIpc) is 2.71. The third-order valence-corrected chi connectivity index (χ3v) is 4.13. The number of nitrogens with zero attached hydrogens (tertiary/aromatic N) is 3. The van der Waals surface area contributed by atoms with Gasteiger partial charge in [0.15, 0.2) is 0 Å². The van der Waals surface area contributed by atoms with Crippen molar-refractivity contribution in [3.63, 3.8) is 0 Å². The van der Waals surface area contributed by atoms with Gasteiger partial charge in [0.25, 0.3) is 0 Å². The Morgan fingerprint density at radius 3 is 2.85 bits per heavy atom. The van der Waals surface area contributed by atoms with Crippen molar-refractivity contribution < 1.29 is 0 Å². The molecule has 0 amide bonds. The number of fused-ring (bicyclic) bond motifs is 1. The van der Waals surface area contributed by atoms with Crippen LogP contribution in [0, 0.1) is 13.8 Å². The summed E-state index contributed by atoms with van der Waals surface area (Å²) in [5, 5.41) is 4.54. The smallest absolute Gasteiger partial charge is 0.135 e. The van der Waals surface area contributed by atoms with Gasteiger partial charge >= 0.3 is 0 Å². The van der Waals surface area contributed by atoms with Crippen LogP contribution < -0.4 is 10.6 Å². The lowest BCUT2D eigenvalue weighted by Crippen LogP contribution is -2.27. The normalized spacial score (nSPS) is 14.5. The molecule has 2 heterocycles. The summed E-state index contributed by atoms with van der Waals surface area (Å²) in [4.78, 5) is 2.38. The Balaban J connectivity index is 2.14. The number of hydrogen-bond acceptors (Lipinski definition) is 3. The standard InChI is InChI=1S/C16H22N4/c1-11-6-7-15-13(9-11)5-4-8-20(15)16-14(10-17)12(2)18-19(16)3/h6-7,9H,4-5,8,10,17H2,1-3H3. The van der Waals surface area contributed by atoms with Crippen molar-refractivity contribution in [3.05, 3.63) is 40.6 Å². The van der Waals surface area contributed by atoms with E-state index in [9.17, 15) is 0 Å². The fourth-order valence-corrected chi connectivity index (χ4v) is 3.21. The van der Waals surface area contributed by atoms with Gasteiger partial charge in [0.1, 0.15) is 5.82 Å². The van der Waals surface area contributed by atoms with E-state index in [-0.39, 0.29) is 0 Å². The molecule has 1 aromatic heterocycles. The summed E-state index contributed by atoms with van der Waals surface area (Å²) in [6.45, 7) is 5.75. The van der Waals surface area contributed by atoms with E-state index in [0.717, 1.165) is 30.0 Å². The molecular formula is C16H22N4. The number of nitrogens with two attached hydrogens (primary N) is 1.